The molecule has 13 heavy (non-hydrogen) atoms. The van der Waals surface area contributed by atoms with Crippen molar-refractivity contribution in [3.05, 3.63) is 43.0 Å². The fourth-order valence-corrected chi connectivity index (χ4v) is 0.990. The number of nitrogens with one attached hydrogen (secondary N) is 1. The molecule has 0 aliphatic heterocycles. The summed E-state index contributed by atoms with van der Waals surface area (Å²) in [5.41, 5.74) is 1.13. The van der Waals surface area contributed by atoms with Crippen molar-refractivity contribution in [2.24, 2.45) is 0 Å². The third-order valence-electron chi connectivity index (χ3n) is 1.59. The fourth-order valence-electron chi connectivity index (χ4n) is 0.990. The molecule has 0 saturated carbocycles. The van der Waals surface area contributed by atoms with Gasteiger partial charge in [0.05, 0.1) is 13.2 Å². The highest BCUT2D eigenvalue weighted by Gasteiger charge is 1.88. The summed E-state index contributed by atoms with van der Waals surface area (Å²) in [5.74, 6) is 0. The van der Waals surface area contributed by atoms with E-state index in [0.717, 1.165) is 12.2 Å². The van der Waals surface area contributed by atoms with Gasteiger partial charge in [0, 0.05) is 12.2 Å². The number of hydrogen-bond acceptors (Lipinski definition) is 2. The average Bonchev–Trinajstić information content (AvgIpc) is 2.19. The molecular weight excluding hydrogens is 162 g/mol. The van der Waals surface area contributed by atoms with Gasteiger partial charge in [0.2, 0.25) is 0 Å². The lowest BCUT2D eigenvalue weighted by atomic mass is 10.3. The summed E-state index contributed by atoms with van der Waals surface area (Å²) in [6.45, 7) is 5.73. The lowest BCUT2D eigenvalue weighted by Crippen LogP contribution is -2.08. The van der Waals surface area contributed by atoms with Crippen molar-refractivity contribution in [2.45, 2.75) is 0 Å². The maximum atomic E-state index is 5.22. The molecule has 0 radical (unpaired) electrons. The summed E-state index contributed by atoms with van der Waals surface area (Å²) in [6, 6.07) is 10.1. The van der Waals surface area contributed by atoms with Crippen molar-refractivity contribution in [1.82, 2.24) is 0 Å². The van der Waals surface area contributed by atoms with Gasteiger partial charge in [-0.1, -0.05) is 24.3 Å². The van der Waals surface area contributed by atoms with Crippen molar-refractivity contribution in [3.8, 4) is 0 Å². The molecule has 0 heterocycles. The van der Waals surface area contributed by atoms with Gasteiger partial charge in [-0.3, -0.25) is 0 Å². The molecule has 0 atom stereocenters. The minimum Gasteiger partial charge on any atom is -0.383 e. The van der Waals surface area contributed by atoms with Gasteiger partial charge < -0.3 is 10.1 Å². The van der Waals surface area contributed by atoms with Crippen molar-refractivity contribution in [1.29, 1.82) is 0 Å². The van der Waals surface area contributed by atoms with E-state index < -0.39 is 0 Å². The van der Waals surface area contributed by atoms with Crippen LogP contribution >= 0.6 is 0 Å². The number of ether oxygens (including phenoxy) is 1. The Morgan fingerprint density at radius 1 is 1.31 bits per heavy atom. The van der Waals surface area contributed by atoms with Crippen molar-refractivity contribution >= 4 is 5.69 Å². The first-order valence-electron chi connectivity index (χ1n) is 4.41. The maximum absolute atomic E-state index is 5.22. The van der Waals surface area contributed by atoms with E-state index in [4.69, 9.17) is 4.74 Å². The van der Waals surface area contributed by atoms with Gasteiger partial charge in [-0.2, -0.15) is 0 Å². The molecule has 1 N–H and O–H groups in total. The Labute approximate surface area is 79.2 Å². The summed E-state index contributed by atoms with van der Waals surface area (Å²) < 4.78 is 5.22. The minimum absolute atomic E-state index is 0.621. The van der Waals surface area contributed by atoms with Gasteiger partial charge in [-0.15, -0.1) is 6.58 Å². The molecule has 1 aromatic rings. The van der Waals surface area contributed by atoms with E-state index in [-0.39, 0.29) is 0 Å². The lowest BCUT2D eigenvalue weighted by molar-refractivity contribution is 0.173. The Morgan fingerprint density at radius 3 is 2.77 bits per heavy atom. The molecule has 0 spiro atoms. The second-order valence-corrected chi connectivity index (χ2v) is 2.66. The van der Waals surface area contributed by atoms with Crippen LogP contribution in [0.2, 0.25) is 0 Å². The van der Waals surface area contributed by atoms with Gasteiger partial charge in [-0.25, -0.2) is 0 Å². The number of benzene rings is 1. The molecule has 0 saturated heterocycles. The summed E-state index contributed by atoms with van der Waals surface area (Å²) in [6.07, 6.45) is 1.75. The minimum atomic E-state index is 0.621. The Bertz CT molecular complexity index is 233. The van der Waals surface area contributed by atoms with E-state index in [2.05, 4.69) is 11.9 Å². The second kappa shape index (κ2) is 6.26. The average molecular weight is 177 g/mol. The standard InChI is InChI=1S/C11H15NO/c1-2-9-13-10-8-12-11-6-4-3-5-7-11/h2-7,12H,1,8-10H2. The van der Waals surface area contributed by atoms with Crippen LogP contribution in [0.25, 0.3) is 0 Å². The molecule has 0 bridgehead atoms. The van der Waals surface area contributed by atoms with Gasteiger partial charge in [0.15, 0.2) is 0 Å². The highest BCUT2D eigenvalue weighted by molar-refractivity contribution is 5.42. The van der Waals surface area contributed by atoms with Gasteiger partial charge >= 0.3 is 0 Å². The zero-order chi connectivity index (χ0) is 9.36. The fraction of sp³-hybridized carbons (Fsp3) is 0.273. The zero-order valence-corrected chi connectivity index (χ0v) is 7.70. The molecule has 1 aromatic carbocycles. The first-order valence-corrected chi connectivity index (χ1v) is 4.41. The zero-order valence-electron chi connectivity index (χ0n) is 7.70. The van der Waals surface area contributed by atoms with Crippen LogP contribution in [0, 0.1) is 0 Å². The van der Waals surface area contributed by atoms with E-state index in [1.807, 2.05) is 30.3 Å². The second-order valence-electron chi connectivity index (χ2n) is 2.66. The highest BCUT2D eigenvalue weighted by Crippen LogP contribution is 2.03. The maximum Gasteiger partial charge on any atom is 0.0645 e. The summed E-state index contributed by atoms with van der Waals surface area (Å²) >= 11 is 0. The molecular formula is C11H15NO. The summed E-state index contributed by atoms with van der Waals surface area (Å²) in [4.78, 5) is 0. The van der Waals surface area contributed by atoms with E-state index in [0.29, 0.717) is 13.2 Å². The van der Waals surface area contributed by atoms with Crippen LogP contribution in [-0.4, -0.2) is 19.8 Å². The van der Waals surface area contributed by atoms with Crippen molar-refractivity contribution in [2.75, 3.05) is 25.1 Å². The van der Waals surface area contributed by atoms with Gasteiger partial charge in [0.25, 0.3) is 0 Å². The van der Waals surface area contributed by atoms with Crippen LogP contribution < -0.4 is 5.32 Å². The lowest BCUT2D eigenvalue weighted by Gasteiger charge is -2.05. The predicted molar refractivity (Wildman–Crippen MR) is 55.9 cm³/mol. The van der Waals surface area contributed by atoms with Crippen LogP contribution in [0.3, 0.4) is 0 Å². The van der Waals surface area contributed by atoms with Crippen LogP contribution in [-0.2, 0) is 4.74 Å². The van der Waals surface area contributed by atoms with E-state index >= 15 is 0 Å². The SMILES string of the molecule is C=CCOCCNc1ccccc1. The number of para-hydroxylation sites is 1. The molecule has 0 unspecified atom stereocenters. The number of anilines is 1. The Kier molecular flexibility index (Phi) is 4.72. The Balaban J connectivity index is 2.10. The third kappa shape index (κ3) is 4.33. The molecule has 70 valence electrons. The molecule has 1 rings (SSSR count). The Morgan fingerprint density at radius 2 is 2.08 bits per heavy atom. The molecule has 0 fully saturated rings. The summed E-state index contributed by atoms with van der Waals surface area (Å²) in [5, 5.41) is 3.24. The molecule has 0 aliphatic carbocycles. The third-order valence-corrected chi connectivity index (χ3v) is 1.59. The van der Waals surface area contributed by atoms with Crippen LogP contribution in [0.1, 0.15) is 0 Å². The summed E-state index contributed by atoms with van der Waals surface area (Å²) in [7, 11) is 0. The van der Waals surface area contributed by atoms with Crippen molar-refractivity contribution in [3.63, 3.8) is 0 Å². The number of rotatable bonds is 6. The van der Waals surface area contributed by atoms with E-state index in [1.165, 1.54) is 0 Å². The monoisotopic (exact) mass is 177 g/mol. The predicted octanol–water partition coefficient (Wildman–Crippen LogP) is 2.30. The smallest absolute Gasteiger partial charge is 0.0645 e. The first kappa shape index (κ1) is 9.81. The van der Waals surface area contributed by atoms with Gasteiger partial charge in [0.1, 0.15) is 0 Å². The van der Waals surface area contributed by atoms with Crippen molar-refractivity contribution < 1.29 is 4.74 Å². The molecule has 0 aliphatic rings. The molecule has 2 nitrogen and oxygen atoms in total. The van der Waals surface area contributed by atoms with Crippen LogP contribution in [0.5, 0.6) is 0 Å². The topological polar surface area (TPSA) is 21.3 Å². The van der Waals surface area contributed by atoms with Crippen LogP contribution in [0.15, 0.2) is 43.0 Å². The Hall–Kier alpha value is -1.28. The molecule has 0 amide bonds. The van der Waals surface area contributed by atoms with Crippen LogP contribution in [0.4, 0.5) is 5.69 Å². The van der Waals surface area contributed by atoms with E-state index in [1.54, 1.807) is 6.08 Å². The molecule has 2 heteroatoms. The van der Waals surface area contributed by atoms with Gasteiger partial charge in [-0.05, 0) is 12.1 Å². The normalized spacial score (nSPS) is 9.54. The highest BCUT2D eigenvalue weighted by atomic mass is 16.5. The largest absolute Gasteiger partial charge is 0.383 e. The number of hydrogen-bond donors (Lipinski definition) is 1. The first-order chi connectivity index (χ1) is 6.43. The van der Waals surface area contributed by atoms with E-state index in [9.17, 15) is 0 Å². The molecule has 0 aromatic heterocycles. The quantitative estimate of drug-likeness (QED) is 0.531.